The van der Waals surface area contributed by atoms with Crippen molar-refractivity contribution in [3.63, 3.8) is 0 Å². The Morgan fingerprint density at radius 1 is 1.17 bits per heavy atom. The highest BCUT2D eigenvalue weighted by Gasteiger charge is 2.24. The Kier molecular flexibility index (Phi) is 4.96. The van der Waals surface area contributed by atoms with Crippen LogP contribution >= 0.6 is 0 Å². The molecule has 1 N–H and O–H groups in total. The van der Waals surface area contributed by atoms with Crippen LogP contribution in [0.25, 0.3) is 0 Å². The van der Waals surface area contributed by atoms with Crippen LogP contribution in [0, 0.1) is 5.92 Å². The zero-order chi connectivity index (χ0) is 16.2. The number of amides is 2. The first-order valence-corrected chi connectivity index (χ1v) is 8.53. The topological polar surface area (TPSA) is 52.7 Å². The minimum Gasteiger partial charge on any atom is -0.339 e. The maximum absolute atomic E-state index is 12.6. The fraction of sp³-hybridized carbons (Fsp3) is 0.556. The summed E-state index contributed by atoms with van der Waals surface area (Å²) in [5, 5.41) is 3.21. The molecule has 2 heterocycles. The van der Waals surface area contributed by atoms with Gasteiger partial charge in [-0.25, -0.2) is 0 Å². The molecular weight excluding hydrogens is 290 g/mol. The average molecular weight is 315 g/mol. The summed E-state index contributed by atoms with van der Waals surface area (Å²) >= 11 is 0. The van der Waals surface area contributed by atoms with E-state index in [9.17, 15) is 9.59 Å². The van der Waals surface area contributed by atoms with Crippen molar-refractivity contribution >= 4 is 17.5 Å². The molecule has 2 aliphatic rings. The average Bonchev–Trinajstić information content (AvgIpc) is 3.01. The summed E-state index contributed by atoms with van der Waals surface area (Å²) in [5.74, 6) is 0.954. The van der Waals surface area contributed by atoms with Crippen LogP contribution in [0.2, 0.25) is 0 Å². The van der Waals surface area contributed by atoms with Crippen LogP contribution in [-0.4, -0.2) is 49.9 Å². The summed E-state index contributed by atoms with van der Waals surface area (Å²) < 4.78 is 0. The van der Waals surface area contributed by atoms with Gasteiger partial charge in [0.25, 0.3) is 5.91 Å². The number of benzene rings is 1. The lowest BCUT2D eigenvalue weighted by atomic mass is 9.96. The number of piperidine rings is 1. The van der Waals surface area contributed by atoms with Crippen molar-refractivity contribution in [1.29, 1.82) is 0 Å². The second-order valence-electron chi connectivity index (χ2n) is 6.49. The molecule has 124 valence electrons. The van der Waals surface area contributed by atoms with Crippen molar-refractivity contribution in [2.24, 2.45) is 5.92 Å². The minimum atomic E-state index is 0.104. The van der Waals surface area contributed by atoms with E-state index in [2.05, 4.69) is 5.32 Å². The maximum Gasteiger partial charge on any atom is 0.253 e. The number of carbonyl (C=O) groups excluding carboxylic acids is 2. The minimum absolute atomic E-state index is 0.104. The predicted octanol–water partition coefficient (Wildman–Crippen LogP) is 1.88. The molecule has 0 unspecified atom stereocenters. The third-order valence-electron chi connectivity index (χ3n) is 4.89. The van der Waals surface area contributed by atoms with E-state index in [4.69, 9.17) is 0 Å². The van der Waals surface area contributed by atoms with E-state index in [1.807, 2.05) is 36.2 Å². The molecule has 0 spiro atoms. The molecule has 0 atom stereocenters. The molecular formula is C18H25N3O2. The zero-order valence-electron chi connectivity index (χ0n) is 13.8. The highest BCUT2D eigenvalue weighted by atomic mass is 16.2. The van der Waals surface area contributed by atoms with E-state index in [1.54, 1.807) is 4.90 Å². The van der Waals surface area contributed by atoms with E-state index in [0.717, 1.165) is 51.1 Å². The van der Waals surface area contributed by atoms with E-state index >= 15 is 0 Å². The van der Waals surface area contributed by atoms with Crippen LogP contribution < -0.4 is 10.2 Å². The van der Waals surface area contributed by atoms with Crippen molar-refractivity contribution in [2.75, 3.05) is 38.1 Å². The highest BCUT2D eigenvalue weighted by Crippen LogP contribution is 2.23. The molecule has 0 bridgehead atoms. The first kappa shape index (κ1) is 16.0. The smallest absolute Gasteiger partial charge is 0.253 e. The van der Waals surface area contributed by atoms with E-state index < -0.39 is 0 Å². The first-order chi connectivity index (χ1) is 11.2. The third kappa shape index (κ3) is 3.55. The first-order valence-electron chi connectivity index (χ1n) is 8.53. The van der Waals surface area contributed by atoms with Crippen LogP contribution in [0.4, 0.5) is 5.69 Å². The second-order valence-corrected chi connectivity index (χ2v) is 6.49. The van der Waals surface area contributed by atoms with Gasteiger partial charge < -0.3 is 15.1 Å². The Balaban J connectivity index is 1.61. The second kappa shape index (κ2) is 7.13. The number of nitrogens with one attached hydrogen (secondary N) is 1. The van der Waals surface area contributed by atoms with Gasteiger partial charge in [0.1, 0.15) is 0 Å². The Labute approximate surface area is 137 Å². The molecule has 2 amide bonds. The van der Waals surface area contributed by atoms with Gasteiger partial charge in [0.2, 0.25) is 5.91 Å². The fourth-order valence-electron chi connectivity index (χ4n) is 3.52. The Morgan fingerprint density at radius 2 is 1.87 bits per heavy atom. The van der Waals surface area contributed by atoms with E-state index in [0.29, 0.717) is 17.9 Å². The van der Waals surface area contributed by atoms with Crippen LogP contribution in [-0.2, 0) is 4.79 Å². The summed E-state index contributed by atoms with van der Waals surface area (Å²) in [6.45, 7) is 3.47. The highest BCUT2D eigenvalue weighted by molar-refractivity contribution is 5.97. The van der Waals surface area contributed by atoms with Crippen LogP contribution in [0.1, 0.15) is 36.0 Å². The number of nitrogens with zero attached hydrogens (tertiary/aromatic N) is 2. The van der Waals surface area contributed by atoms with Crippen LogP contribution in [0.3, 0.4) is 0 Å². The molecule has 23 heavy (non-hydrogen) atoms. The molecule has 2 aliphatic heterocycles. The number of hydrogen-bond donors (Lipinski definition) is 1. The van der Waals surface area contributed by atoms with Crippen LogP contribution in [0.15, 0.2) is 24.3 Å². The number of carbonyl (C=O) groups is 2. The molecule has 0 saturated carbocycles. The van der Waals surface area contributed by atoms with Crippen molar-refractivity contribution in [2.45, 2.75) is 25.7 Å². The lowest BCUT2D eigenvalue weighted by molar-refractivity contribution is -0.117. The normalized spacial score (nSPS) is 19.4. The summed E-state index contributed by atoms with van der Waals surface area (Å²) in [7, 11) is 1.98. The lowest BCUT2D eigenvalue weighted by Gasteiger charge is -2.32. The molecule has 3 rings (SSSR count). The molecule has 0 aliphatic carbocycles. The standard InChI is InChI=1S/C18H25N3O2/c1-19-13-14-8-11-20(12-9-14)18(23)15-4-6-16(7-5-15)21-10-2-3-17(21)22/h4-7,14,19H,2-3,8-13H2,1H3. The van der Waals surface area contributed by atoms with Crippen LogP contribution in [0.5, 0.6) is 0 Å². The maximum atomic E-state index is 12.6. The number of rotatable bonds is 4. The van der Waals surface area contributed by atoms with Gasteiger partial charge in [-0.15, -0.1) is 0 Å². The molecule has 0 aromatic heterocycles. The molecule has 5 heteroatoms. The van der Waals surface area contributed by atoms with Gasteiger partial charge in [0.05, 0.1) is 0 Å². The zero-order valence-corrected chi connectivity index (χ0v) is 13.8. The van der Waals surface area contributed by atoms with Gasteiger partial charge in [0.15, 0.2) is 0 Å². The Hall–Kier alpha value is -1.88. The van der Waals surface area contributed by atoms with Crippen molar-refractivity contribution in [1.82, 2.24) is 10.2 Å². The summed E-state index contributed by atoms with van der Waals surface area (Å²) in [5.41, 5.74) is 1.62. The van der Waals surface area contributed by atoms with Gasteiger partial charge in [-0.05, 0) is 63.0 Å². The Morgan fingerprint density at radius 3 is 2.43 bits per heavy atom. The SMILES string of the molecule is CNCC1CCN(C(=O)c2ccc(N3CCCC3=O)cc2)CC1. The van der Waals surface area contributed by atoms with E-state index in [1.165, 1.54) is 0 Å². The molecule has 2 saturated heterocycles. The number of anilines is 1. The lowest BCUT2D eigenvalue weighted by Crippen LogP contribution is -2.40. The quantitative estimate of drug-likeness (QED) is 0.923. The van der Waals surface area contributed by atoms with Gasteiger partial charge in [-0.1, -0.05) is 0 Å². The third-order valence-corrected chi connectivity index (χ3v) is 4.89. The van der Waals surface area contributed by atoms with E-state index in [-0.39, 0.29) is 11.8 Å². The molecule has 1 aromatic rings. The Bertz CT molecular complexity index is 562. The molecule has 0 radical (unpaired) electrons. The molecule has 5 nitrogen and oxygen atoms in total. The molecule has 1 aromatic carbocycles. The van der Waals surface area contributed by atoms with Gasteiger partial charge in [0, 0.05) is 37.3 Å². The monoisotopic (exact) mass is 315 g/mol. The summed E-state index contributed by atoms with van der Waals surface area (Å²) in [4.78, 5) is 28.1. The van der Waals surface area contributed by atoms with Crippen molar-refractivity contribution in [3.8, 4) is 0 Å². The largest absolute Gasteiger partial charge is 0.339 e. The van der Waals surface area contributed by atoms with Gasteiger partial charge in [-0.2, -0.15) is 0 Å². The number of hydrogen-bond acceptors (Lipinski definition) is 3. The summed E-state index contributed by atoms with van der Waals surface area (Å²) in [6, 6.07) is 7.49. The predicted molar refractivity (Wildman–Crippen MR) is 90.6 cm³/mol. The summed E-state index contributed by atoms with van der Waals surface area (Å²) in [6.07, 6.45) is 3.67. The number of likely N-dealkylation sites (tertiary alicyclic amines) is 1. The fourth-order valence-corrected chi connectivity index (χ4v) is 3.52. The van der Waals surface area contributed by atoms with Gasteiger partial charge in [-0.3, -0.25) is 9.59 Å². The van der Waals surface area contributed by atoms with Crippen molar-refractivity contribution < 1.29 is 9.59 Å². The van der Waals surface area contributed by atoms with Crippen molar-refractivity contribution in [3.05, 3.63) is 29.8 Å². The van der Waals surface area contributed by atoms with Gasteiger partial charge >= 0.3 is 0 Å². The molecule has 2 fully saturated rings.